The smallest absolute Gasteiger partial charge is 0.481 e. The largest absolute Gasteiger partial charge is 0.573 e. The van der Waals surface area contributed by atoms with Crippen molar-refractivity contribution in [1.29, 1.82) is 0 Å². The van der Waals surface area contributed by atoms with Crippen molar-refractivity contribution in [2.45, 2.75) is 26.8 Å². The van der Waals surface area contributed by atoms with Crippen molar-refractivity contribution in [3.8, 4) is 11.6 Å². The molecule has 7 nitrogen and oxygen atoms in total. The molecule has 176 valence electrons. The topological polar surface area (TPSA) is 78.3 Å². The van der Waals surface area contributed by atoms with Crippen molar-refractivity contribution in [3.05, 3.63) is 77.1 Å². The van der Waals surface area contributed by atoms with Crippen LogP contribution in [-0.2, 0) is 6.54 Å². The molecule has 0 spiro atoms. The van der Waals surface area contributed by atoms with Gasteiger partial charge < -0.3 is 14.8 Å². The van der Waals surface area contributed by atoms with Gasteiger partial charge in [0.2, 0.25) is 5.88 Å². The number of benzene rings is 2. The third kappa shape index (κ3) is 4.95. The molecule has 0 fully saturated rings. The molecule has 0 atom stereocenters. The Balaban J connectivity index is 1.57. The van der Waals surface area contributed by atoms with Crippen molar-refractivity contribution in [2.75, 3.05) is 12.4 Å². The average Bonchev–Trinajstić information content (AvgIpc) is 3.05. The van der Waals surface area contributed by atoms with Crippen molar-refractivity contribution in [1.82, 2.24) is 14.8 Å². The molecule has 1 amide bonds. The van der Waals surface area contributed by atoms with Crippen LogP contribution in [0.25, 0.3) is 10.9 Å². The fraction of sp³-hybridized carbons (Fsp3) is 0.208. The molecule has 0 aliphatic heterocycles. The van der Waals surface area contributed by atoms with Gasteiger partial charge in [0.25, 0.3) is 5.91 Å². The summed E-state index contributed by atoms with van der Waals surface area (Å²) in [5, 5.41) is 8.10. The first-order chi connectivity index (χ1) is 16.1. The number of aryl methyl sites for hydroxylation is 1. The summed E-state index contributed by atoms with van der Waals surface area (Å²) in [5.74, 6) is -0.306. The Morgan fingerprint density at radius 1 is 1.09 bits per heavy atom. The van der Waals surface area contributed by atoms with E-state index in [1.165, 1.54) is 31.4 Å². The fourth-order valence-corrected chi connectivity index (χ4v) is 3.63. The van der Waals surface area contributed by atoms with Gasteiger partial charge in [-0.1, -0.05) is 30.3 Å². The lowest BCUT2D eigenvalue weighted by Crippen LogP contribution is -2.17. The fourth-order valence-electron chi connectivity index (χ4n) is 3.63. The van der Waals surface area contributed by atoms with E-state index in [0.29, 0.717) is 46.0 Å². The highest BCUT2D eigenvalue weighted by atomic mass is 19.4. The summed E-state index contributed by atoms with van der Waals surface area (Å²) < 4.78 is 47.9. The second kappa shape index (κ2) is 9.05. The maximum absolute atomic E-state index is 13.2. The van der Waals surface area contributed by atoms with Crippen LogP contribution in [0.1, 0.15) is 27.3 Å². The van der Waals surface area contributed by atoms with Gasteiger partial charge >= 0.3 is 6.36 Å². The predicted octanol–water partition coefficient (Wildman–Crippen LogP) is 5.26. The minimum Gasteiger partial charge on any atom is -0.481 e. The Kier molecular flexibility index (Phi) is 6.14. The Hall–Kier alpha value is -4.08. The molecule has 1 N–H and O–H groups in total. The quantitative estimate of drug-likeness (QED) is 0.416. The molecule has 0 unspecified atom stereocenters. The van der Waals surface area contributed by atoms with Gasteiger partial charge in [0.1, 0.15) is 5.75 Å². The van der Waals surface area contributed by atoms with Crippen LogP contribution in [-0.4, -0.2) is 34.1 Å². The minimum absolute atomic E-state index is 0.294. The number of anilines is 1. The molecule has 4 aromatic rings. The lowest BCUT2D eigenvalue weighted by atomic mass is 10.1. The van der Waals surface area contributed by atoms with Crippen LogP contribution in [0.5, 0.6) is 11.6 Å². The monoisotopic (exact) mass is 470 g/mol. The number of amides is 1. The van der Waals surface area contributed by atoms with Gasteiger partial charge in [-0.15, -0.1) is 13.2 Å². The number of alkyl halides is 3. The highest BCUT2D eigenvalue weighted by Crippen LogP contribution is 2.27. The number of pyridine rings is 1. The van der Waals surface area contributed by atoms with Gasteiger partial charge in [-0.3, -0.25) is 9.48 Å². The maximum Gasteiger partial charge on any atom is 0.573 e. The van der Waals surface area contributed by atoms with Crippen LogP contribution < -0.4 is 14.8 Å². The zero-order valence-corrected chi connectivity index (χ0v) is 18.6. The van der Waals surface area contributed by atoms with Crippen molar-refractivity contribution < 1.29 is 27.4 Å². The first-order valence-corrected chi connectivity index (χ1v) is 10.3. The molecule has 2 aromatic carbocycles. The van der Waals surface area contributed by atoms with E-state index in [2.05, 4.69) is 20.1 Å². The number of ether oxygens (including phenoxy) is 2. The second-order valence-corrected chi connectivity index (χ2v) is 7.58. The number of rotatable bonds is 6. The summed E-state index contributed by atoms with van der Waals surface area (Å²) in [6.45, 7) is 3.88. The van der Waals surface area contributed by atoms with Crippen molar-refractivity contribution in [2.24, 2.45) is 0 Å². The number of carbonyl (C=O) groups is 1. The first kappa shape index (κ1) is 23.1. The van der Waals surface area contributed by atoms with E-state index in [1.54, 1.807) is 23.7 Å². The average molecular weight is 470 g/mol. The van der Waals surface area contributed by atoms with Crippen LogP contribution >= 0.6 is 0 Å². The van der Waals surface area contributed by atoms with E-state index in [9.17, 15) is 18.0 Å². The lowest BCUT2D eigenvalue weighted by molar-refractivity contribution is -0.274. The maximum atomic E-state index is 13.2. The zero-order valence-electron chi connectivity index (χ0n) is 18.6. The Morgan fingerprint density at radius 2 is 1.79 bits per heavy atom. The van der Waals surface area contributed by atoms with Gasteiger partial charge in [0.05, 0.1) is 41.8 Å². The van der Waals surface area contributed by atoms with E-state index in [-0.39, 0.29) is 11.7 Å². The van der Waals surface area contributed by atoms with E-state index in [4.69, 9.17) is 4.74 Å². The number of halogens is 3. The molecule has 0 radical (unpaired) electrons. The summed E-state index contributed by atoms with van der Waals surface area (Å²) in [6, 6.07) is 14.4. The minimum atomic E-state index is -4.74. The SMILES string of the molecule is COc1cc(C(=O)Nc2c(C)nn(Cc3ccc(OC(F)(F)F)cc3)c2C)c2ccccc2n1. The van der Waals surface area contributed by atoms with E-state index < -0.39 is 6.36 Å². The third-order valence-corrected chi connectivity index (χ3v) is 5.26. The molecule has 0 saturated carbocycles. The van der Waals surface area contributed by atoms with E-state index >= 15 is 0 Å². The number of fused-ring (bicyclic) bond motifs is 1. The second-order valence-electron chi connectivity index (χ2n) is 7.58. The van der Waals surface area contributed by atoms with Crippen molar-refractivity contribution >= 4 is 22.5 Å². The lowest BCUT2D eigenvalue weighted by Gasteiger charge is -2.11. The molecule has 2 aromatic heterocycles. The molecule has 34 heavy (non-hydrogen) atoms. The van der Waals surface area contributed by atoms with Crippen LogP contribution in [0.4, 0.5) is 18.9 Å². The number of para-hydroxylation sites is 1. The standard InChI is InChI=1S/C24H21F3N4O3/c1-14-22(29-23(32)19-12-21(33-3)28-20-7-5-4-6-18(19)20)15(2)31(30-14)13-16-8-10-17(11-9-16)34-24(25,26)27/h4-12H,13H2,1-3H3,(H,29,32). The molecule has 4 rings (SSSR count). The summed E-state index contributed by atoms with van der Waals surface area (Å²) >= 11 is 0. The van der Waals surface area contributed by atoms with E-state index in [0.717, 1.165) is 5.56 Å². The van der Waals surface area contributed by atoms with Crippen LogP contribution in [0.15, 0.2) is 54.6 Å². The molecule has 10 heteroatoms. The normalized spacial score (nSPS) is 11.5. The molecule has 2 heterocycles. The van der Waals surface area contributed by atoms with Gasteiger partial charge in [-0.2, -0.15) is 5.10 Å². The number of aromatic nitrogens is 3. The highest BCUT2D eigenvalue weighted by molar-refractivity contribution is 6.13. The molecule has 0 saturated heterocycles. The number of nitrogens with zero attached hydrogens (tertiary/aromatic N) is 3. The van der Waals surface area contributed by atoms with Gasteiger partial charge in [0.15, 0.2) is 0 Å². The van der Waals surface area contributed by atoms with Crippen LogP contribution in [0.2, 0.25) is 0 Å². The van der Waals surface area contributed by atoms with Gasteiger partial charge in [-0.05, 0) is 37.6 Å². The molecular weight excluding hydrogens is 449 g/mol. The number of nitrogens with one attached hydrogen (secondary N) is 1. The molecule has 0 aliphatic rings. The third-order valence-electron chi connectivity index (χ3n) is 5.26. The number of hydrogen-bond acceptors (Lipinski definition) is 5. The Bertz CT molecular complexity index is 1350. The Labute approximate surface area is 193 Å². The van der Waals surface area contributed by atoms with E-state index in [1.807, 2.05) is 25.1 Å². The van der Waals surface area contributed by atoms with Crippen molar-refractivity contribution in [3.63, 3.8) is 0 Å². The summed E-state index contributed by atoms with van der Waals surface area (Å²) in [5.41, 5.74) is 3.63. The van der Waals surface area contributed by atoms with Crippen LogP contribution in [0.3, 0.4) is 0 Å². The summed E-state index contributed by atoms with van der Waals surface area (Å²) in [7, 11) is 1.49. The molecule has 0 aliphatic carbocycles. The highest BCUT2D eigenvalue weighted by Gasteiger charge is 2.31. The Morgan fingerprint density at radius 3 is 2.47 bits per heavy atom. The van der Waals surface area contributed by atoms with Gasteiger partial charge in [-0.25, -0.2) is 4.98 Å². The van der Waals surface area contributed by atoms with Gasteiger partial charge in [0, 0.05) is 11.5 Å². The summed E-state index contributed by atoms with van der Waals surface area (Å²) in [6.07, 6.45) is -4.74. The number of methoxy groups -OCH3 is 1. The first-order valence-electron chi connectivity index (χ1n) is 10.3. The predicted molar refractivity (Wildman–Crippen MR) is 120 cm³/mol. The zero-order chi connectivity index (χ0) is 24.5. The van der Waals surface area contributed by atoms with Crippen LogP contribution in [0, 0.1) is 13.8 Å². The number of hydrogen-bond donors (Lipinski definition) is 1. The molecular formula is C24H21F3N4O3. The molecule has 0 bridgehead atoms. The summed E-state index contributed by atoms with van der Waals surface area (Å²) in [4.78, 5) is 17.5. The number of carbonyl (C=O) groups excluding carboxylic acids is 1.